The van der Waals surface area contributed by atoms with Gasteiger partial charge in [0.25, 0.3) is 5.91 Å². The van der Waals surface area contributed by atoms with Crippen LogP contribution in [0, 0.1) is 0 Å². The van der Waals surface area contributed by atoms with E-state index in [0.29, 0.717) is 35.7 Å². The Morgan fingerprint density at radius 1 is 1.35 bits per heavy atom. The molecule has 2 unspecified atom stereocenters. The molecule has 3 rings (SSSR count). The fourth-order valence-corrected chi connectivity index (χ4v) is 3.30. The summed E-state index contributed by atoms with van der Waals surface area (Å²) in [7, 11) is 0. The first kappa shape index (κ1) is 13.9. The lowest BCUT2D eigenvalue weighted by Gasteiger charge is -2.34. The fraction of sp³-hybridized carbons (Fsp3) is 0.692. The highest BCUT2D eigenvalue weighted by molar-refractivity contribution is 9.10. The van der Waals surface area contributed by atoms with E-state index < -0.39 is 0 Å². The van der Waals surface area contributed by atoms with Gasteiger partial charge in [0, 0.05) is 26.1 Å². The molecule has 0 spiro atoms. The third-order valence-corrected chi connectivity index (χ3v) is 4.23. The number of carbonyl (C=O) groups excluding carboxylic acids is 1. The van der Waals surface area contributed by atoms with E-state index >= 15 is 0 Å². The van der Waals surface area contributed by atoms with Gasteiger partial charge in [-0.1, -0.05) is 0 Å². The molecule has 0 N–H and O–H groups in total. The van der Waals surface area contributed by atoms with Gasteiger partial charge in [0.2, 0.25) is 5.88 Å². The van der Waals surface area contributed by atoms with Crippen LogP contribution in [0.15, 0.2) is 4.47 Å². The first-order valence-electron chi connectivity index (χ1n) is 6.90. The van der Waals surface area contributed by atoms with E-state index in [2.05, 4.69) is 21.0 Å². The number of amides is 1. The van der Waals surface area contributed by atoms with Crippen molar-refractivity contribution in [3.05, 3.63) is 10.2 Å². The zero-order chi connectivity index (χ0) is 14.3. The molecule has 1 fully saturated rings. The summed E-state index contributed by atoms with van der Waals surface area (Å²) in [6, 6.07) is 0. The first-order chi connectivity index (χ1) is 9.56. The Morgan fingerprint density at radius 2 is 2.05 bits per heavy atom. The average Bonchev–Trinajstić information content (AvgIpc) is 2.75. The number of hydrogen-bond donors (Lipinski definition) is 0. The van der Waals surface area contributed by atoms with Gasteiger partial charge in [-0.2, -0.15) is 5.10 Å². The molecule has 2 aliphatic heterocycles. The van der Waals surface area contributed by atoms with E-state index in [1.807, 2.05) is 13.8 Å². The molecule has 1 aromatic heterocycles. The van der Waals surface area contributed by atoms with Gasteiger partial charge in [0.1, 0.15) is 4.47 Å². The summed E-state index contributed by atoms with van der Waals surface area (Å²) in [6.45, 7) is 6.61. The van der Waals surface area contributed by atoms with Gasteiger partial charge >= 0.3 is 0 Å². The summed E-state index contributed by atoms with van der Waals surface area (Å²) in [5, 5.41) is 4.39. The van der Waals surface area contributed by atoms with Crippen LogP contribution in [0.1, 0.15) is 30.8 Å². The van der Waals surface area contributed by atoms with Gasteiger partial charge in [-0.15, -0.1) is 0 Å². The van der Waals surface area contributed by atoms with Crippen molar-refractivity contribution >= 4 is 21.8 Å². The van der Waals surface area contributed by atoms with E-state index in [4.69, 9.17) is 9.47 Å². The molecule has 20 heavy (non-hydrogen) atoms. The standard InChI is InChI=1S/C13H18BrN3O3/c1-8-6-16(7-9(2)20-8)12(18)11-10(14)13-17(15-11)4-3-5-19-13/h8-9H,3-7H2,1-2H3. The number of hydrogen-bond acceptors (Lipinski definition) is 4. The summed E-state index contributed by atoms with van der Waals surface area (Å²) in [5.74, 6) is 0.596. The summed E-state index contributed by atoms with van der Waals surface area (Å²) in [6.07, 6.45) is 1.02. The first-order valence-corrected chi connectivity index (χ1v) is 7.69. The summed E-state index contributed by atoms with van der Waals surface area (Å²) < 4.78 is 13.6. The van der Waals surface area contributed by atoms with Crippen molar-refractivity contribution in [1.29, 1.82) is 0 Å². The Balaban J connectivity index is 1.85. The zero-order valence-corrected chi connectivity index (χ0v) is 13.2. The van der Waals surface area contributed by atoms with Crippen molar-refractivity contribution < 1.29 is 14.3 Å². The van der Waals surface area contributed by atoms with E-state index in [1.165, 1.54) is 0 Å². The minimum atomic E-state index is -0.0654. The lowest BCUT2D eigenvalue weighted by molar-refractivity contribution is -0.0587. The second-order valence-corrected chi connectivity index (χ2v) is 6.15. The van der Waals surface area contributed by atoms with Crippen molar-refractivity contribution in [2.24, 2.45) is 0 Å². The predicted octanol–water partition coefficient (Wildman–Crippen LogP) is 1.68. The van der Waals surface area contributed by atoms with Crippen LogP contribution in [-0.4, -0.2) is 52.5 Å². The molecular weight excluding hydrogens is 326 g/mol. The third kappa shape index (κ3) is 2.44. The largest absolute Gasteiger partial charge is 0.477 e. The second kappa shape index (κ2) is 5.37. The Hall–Kier alpha value is -1.08. The van der Waals surface area contributed by atoms with Crippen molar-refractivity contribution in [2.45, 2.75) is 39.0 Å². The third-order valence-electron chi connectivity index (χ3n) is 3.51. The van der Waals surface area contributed by atoms with Crippen molar-refractivity contribution in [3.8, 4) is 5.88 Å². The zero-order valence-electron chi connectivity index (χ0n) is 11.6. The van der Waals surface area contributed by atoms with Gasteiger partial charge < -0.3 is 14.4 Å². The molecule has 7 heteroatoms. The van der Waals surface area contributed by atoms with Crippen LogP contribution in [0.2, 0.25) is 0 Å². The lowest BCUT2D eigenvalue weighted by Crippen LogP contribution is -2.48. The maximum atomic E-state index is 12.6. The van der Waals surface area contributed by atoms with Gasteiger partial charge in [-0.05, 0) is 29.8 Å². The number of morpholine rings is 1. The lowest BCUT2D eigenvalue weighted by atomic mass is 10.2. The van der Waals surface area contributed by atoms with E-state index in [0.717, 1.165) is 13.0 Å². The number of nitrogens with zero attached hydrogens (tertiary/aromatic N) is 3. The van der Waals surface area contributed by atoms with Crippen molar-refractivity contribution in [3.63, 3.8) is 0 Å². The Labute approximate surface area is 126 Å². The second-order valence-electron chi connectivity index (χ2n) is 5.36. The smallest absolute Gasteiger partial charge is 0.275 e. The number of aromatic nitrogens is 2. The molecule has 3 heterocycles. The summed E-state index contributed by atoms with van der Waals surface area (Å²) >= 11 is 3.45. The maximum absolute atomic E-state index is 12.6. The van der Waals surface area contributed by atoms with Crippen LogP contribution in [0.4, 0.5) is 0 Å². The van der Waals surface area contributed by atoms with Crippen LogP contribution in [0.25, 0.3) is 0 Å². The quantitative estimate of drug-likeness (QED) is 0.778. The number of halogens is 1. The van der Waals surface area contributed by atoms with Crippen molar-refractivity contribution in [2.75, 3.05) is 19.7 Å². The molecule has 2 atom stereocenters. The molecule has 1 aromatic rings. The predicted molar refractivity (Wildman–Crippen MR) is 76.0 cm³/mol. The fourth-order valence-electron chi connectivity index (χ4n) is 2.73. The number of carbonyl (C=O) groups is 1. The molecule has 0 bridgehead atoms. The number of ether oxygens (including phenoxy) is 2. The molecule has 6 nitrogen and oxygen atoms in total. The van der Waals surface area contributed by atoms with Gasteiger partial charge in [-0.25, -0.2) is 4.68 Å². The molecular formula is C13H18BrN3O3. The Bertz CT molecular complexity index is 521. The Kier molecular flexibility index (Phi) is 3.72. The van der Waals surface area contributed by atoms with Gasteiger partial charge in [-0.3, -0.25) is 4.79 Å². The van der Waals surface area contributed by atoms with E-state index in [1.54, 1.807) is 9.58 Å². The molecule has 0 aromatic carbocycles. The molecule has 0 aliphatic carbocycles. The van der Waals surface area contributed by atoms with Crippen LogP contribution in [0.5, 0.6) is 5.88 Å². The molecule has 1 saturated heterocycles. The molecule has 1 amide bonds. The normalized spacial score (nSPS) is 26.1. The van der Waals surface area contributed by atoms with Crippen molar-refractivity contribution in [1.82, 2.24) is 14.7 Å². The highest BCUT2D eigenvalue weighted by Gasteiger charge is 2.31. The number of rotatable bonds is 1. The van der Waals surface area contributed by atoms with Crippen LogP contribution in [-0.2, 0) is 11.3 Å². The topological polar surface area (TPSA) is 56.6 Å². The average molecular weight is 344 g/mol. The SMILES string of the molecule is CC1CN(C(=O)c2nn3c(c2Br)OCCC3)CC(C)O1. The van der Waals surface area contributed by atoms with E-state index in [-0.39, 0.29) is 18.1 Å². The Morgan fingerprint density at radius 3 is 2.70 bits per heavy atom. The molecule has 0 saturated carbocycles. The van der Waals surface area contributed by atoms with Gasteiger partial charge in [0.05, 0.1) is 18.8 Å². The maximum Gasteiger partial charge on any atom is 0.275 e. The molecule has 0 radical (unpaired) electrons. The van der Waals surface area contributed by atoms with Crippen LogP contribution >= 0.6 is 15.9 Å². The summed E-state index contributed by atoms with van der Waals surface area (Å²) in [4.78, 5) is 14.4. The van der Waals surface area contributed by atoms with E-state index in [9.17, 15) is 4.79 Å². The highest BCUT2D eigenvalue weighted by Crippen LogP contribution is 2.32. The number of fused-ring (bicyclic) bond motifs is 1. The van der Waals surface area contributed by atoms with Crippen LogP contribution < -0.4 is 4.74 Å². The minimum absolute atomic E-state index is 0.0509. The molecule has 110 valence electrons. The minimum Gasteiger partial charge on any atom is -0.477 e. The summed E-state index contributed by atoms with van der Waals surface area (Å²) in [5.41, 5.74) is 0.434. The van der Waals surface area contributed by atoms with Gasteiger partial charge in [0.15, 0.2) is 5.69 Å². The van der Waals surface area contributed by atoms with Crippen LogP contribution in [0.3, 0.4) is 0 Å². The number of aryl methyl sites for hydroxylation is 1. The molecule has 2 aliphatic rings. The monoisotopic (exact) mass is 343 g/mol. The highest BCUT2D eigenvalue weighted by atomic mass is 79.9.